The van der Waals surface area contributed by atoms with E-state index >= 15 is 0 Å². The maximum atomic E-state index is 5.57. The molecule has 0 spiro atoms. The Hall–Kier alpha value is -1.28. The summed E-state index contributed by atoms with van der Waals surface area (Å²) in [6, 6.07) is 6.65. The lowest BCUT2D eigenvalue weighted by molar-refractivity contribution is 0.795. The molecule has 2 nitrogen and oxygen atoms in total. The van der Waals surface area contributed by atoms with E-state index < -0.39 is 0 Å². The molecular weight excluding hydrogens is 184 g/mol. The average Bonchev–Trinajstić information content (AvgIpc) is 2.56. The highest BCUT2D eigenvalue weighted by Crippen LogP contribution is 2.22. The standard InChI is InChI=1S/C13H18N2/c1-3-15-9-10(2)12-8-11(6-7-14)4-5-13(12)15/h4-5,8-9H,3,6-7,14H2,1-2H3. The van der Waals surface area contributed by atoms with Crippen LogP contribution in [0.2, 0.25) is 0 Å². The summed E-state index contributed by atoms with van der Waals surface area (Å²) in [5.74, 6) is 0. The molecule has 2 heteroatoms. The molecule has 2 rings (SSSR count). The molecule has 1 heterocycles. The molecule has 0 unspecified atom stereocenters. The second-order valence-electron chi connectivity index (χ2n) is 3.99. The molecule has 2 aromatic rings. The summed E-state index contributed by atoms with van der Waals surface area (Å²) in [6.45, 7) is 6.09. The van der Waals surface area contributed by atoms with Crippen molar-refractivity contribution in [2.45, 2.75) is 26.8 Å². The number of hydrogen-bond donors (Lipinski definition) is 1. The fraction of sp³-hybridized carbons (Fsp3) is 0.385. The minimum absolute atomic E-state index is 0.721. The first kappa shape index (κ1) is 10.2. The molecule has 1 aromatic heterocycles. The van der Waals surface area contributed by atoms with Crippen molar-refractivity contribution in [3.8, 4) is 0 Å². The Labute approximate surface area is 90.7 Å². The Morgan fingerprint density at radius 3 is 2.80 bits per heavy atom. The highest BCUT2D eigenvalue weighted by atomic mass is 14.9. The Kier molecular flexibility index (Phi) is 2.78. The summed E-state index contributed by atoms with van der Waals surface area (Å²) in [5.41, 5.74) is 9.59. The zero-order chi connectivity index (χ0) is 10.8. The van der Waals surface area contributed by atoms with Gasteiger partial charge >= 0.3 is 0 Å². The number of fused-ring (bicyclic) bond motifs is 1. The van der Waals surface area contributed by atoms with Gasteiger partial charge in [0.1, 0.15) is 0 Å². The average molecular weight is 202 g/mol. The van der Waals surface area contributed by atoms with Crippen molar-refractivity contribution < 1.29 is 0 Å². The summed E-state index contributed by atoms with van der Waals surface area (Å²) in [6.07, 6.45) is 3.18. The van der Waals surface area contributed by atoms with Gasteiger partial charge in [-0.3, -0.25) is 0 Å². The molecule has 0 fully saturated rings. The van der Waals surface area contributed by atoms with Gasteiger partial charge in [-0.05, 0) is 50.1 Å². The normalized spacial score (nSPS) is 11.1. The Balaban J connectivity index is 2.56. The molecule has 0 aliphatic carbocycles. The van der Waals surface area contributed by atoms with Gasteiger partial charge in [0.15, 0.2) is 0 Å². The molecule has 80 valence electrons. The number of hydrogen-bond acceptors (Lipinski definition) is 1. The molecule has 0 aliphatic rings. The van der Waals surface area contributed by atoms with Gasteiger partial charge in [-0.1, -0.05) is 6.07 Å². The lowest BCUT2D eigenvalue weighted by atomic mass is 10.1. The minimum atomic E-state index is 0.721. The summed E-state index contributed by atoms with van der Waals surface area (Å²) < 4.78 is 2.29. The number of nitrogens with zero attached hydrogens (tertiary/aromatic N) is 1. The molecule has 0 saturated heterocycles. The molecule has 0 bridgehead atoms. The first-order valence-corrected chi connectivity index (χ1v) is 5.54. The topological polar surface area (TPSA) is 30.9 Å². The van der Waals surface area contributed by atoms with Gasteiger partial charge in [0.2, 0.25) is 0 Å². The van der Waals surface area contributed by atoms with Gasteiger partial charge < -0.3 is 10.3 Å². The van der Waals surface area contributed by atoms with Crippen LogP contribution in [-0.2, 0) is 13.0 Å². The van der Waals surface area contributed by atoms with E-state index in [4.69, 9.17) is 5.73 Å². The van der Waals surface area contributed by atoms with Crippen molar-refractivity contribution in [3.05, 3.63) is 35.5 Å². The number of rotatable bonds is 3. The summed E-state index contributed by atoms with van der Waals surface area (Å²) in [4.78, 5) is 0. The highest BCUT2D eigenvalue weighted by molar-refractivity contribution is 5.84. The van der Waals surface area contributed by atoms with Crippen LogP contribution in [0.3, 0.4) is 0 Å². The van der Waals surface area contributed by atoms with E-state index in [1.165, 1.54) is 22.0 Å². The van der Waals surface area contributed by atoms with Crippen molar-refractivity contribution in [1.29, 1.82) is 0 Å². The molecular formula is C13H18N2. The van der Waals surface area contributed by atoms with Crippen molar-refractivity contribution in [2.24, 2.45) is 5.73 Å². The number of benzene rings is 1. The number of aromatic nitrogens is 1. The predicted octanol–water partition coefficient (Wildman–Crippen LogP) is 2.47. The third-order valence-electron chi connectivity index (χ3n) is 2.92. The maximum Gasteiger partial charge on any atom is 0.0483 e. The van der Waals surface area contributed by atoms with Crippen LogP contribution >= 0.6 is 0 Å². The molecule has 1 aromatic carbocycles. The van der Waals surface area contributed by atoms with E-state index in [2.05, 4.69) is 42.8 Å². The summed E-state index contributed by atoms with van der Waals surface area (Å²) in [7, 11) is 0. The predicted molar refractivity (Wildman–Crippen MR) is 65.1 cm³/mol. The summed E-state index contributed by atoms with van der Waals surface area (Å²) >= 11 is 0. The van der Waals surface area contributed by atoms with E-state index in [0.717, 1.165) is 19.5 Å². The van der Waals surface area contributed by atoms with Crippen molar-refractivity contribution in [1.82, 2.24) is 4.57 Å². The van der Waals surface area contributed by atoms with Crippen LogP contribution in [0.15, 0.2) is 24.4 Å². The van der Waals surface area contributed by atoms with Gasteiger partial charge in [-0.2, -0.15) is 0 Å². The van der Waals surface area contributed by atoms with Crippen molar-refractivity contribution in [3.63, 3.8) is 0 Å². The lowest BCUT2D eigenvalue weighted by Crippen LogP contribution is -2.02. The fourth-order valence-electron chi connectivity index (χ4n) is 2.11. The Bertz CT molecular complexity index is 469. The monoisotopic (exact) mass is 202 g/mol. The molecule has 2 N–H and O–H groups in total. The van der Waals surface area contributed by atoms with Crippen LogP contribution in [0.4, 0.5) is 0 Å². The second-order valence-corrected chi connectivity index (χ2v) is 3.99. The van der Waals surface area contributed by atoms with Crippen LogP contribution in [0, 0.1) is 6.92 Å². The van der Waals surface area contributed by atoms with Crippen LogP contribution in [0.25, 0.3) is 10.9 Å². The first-order valence-electron chi connectivity index (χ1n) is 5.54. The fourth-order valence-corrected chi connectivity index (χ4v) is 2.11. The smallest absolute Gasteiger partial charge is 0.0483 e. The Morgan fingerprint density at radius 1 is 1.33 bits per heavy atom. The number of aryl methyl sites for hydroxylation is 2. The molecule has 0 saturated carbocycles. The minimum Gasteiger partial charge on any atom is -0.347 e. The van der Waals surface area contributed by atoms with E-state index in [9.17, 15) is 0 Å². The first-order chi connectivity index (χ1) is 7.26. The molecule has 0 amide bonds. The van der Waals surface area contributed by atoms with Crippen LogP contribution in [0.1, 0.15) is 18.1 Å². The molecule has 0 radical (unpaired) electrons. The van der Waals surface area contributed by atoms with E-state index in [-0.39, 0.29) is 0 Å². The summed E-state index contributed by atoms with van der Waals surface area (Å²) in [5, 5.41) is 1.36. The van der Waals surface area contributed by atoms with Gasteiger partial charge in [0.05, 0.1) is 0 Å². The quantitative estimate of drug-likeness (QED) is 0.814. The maximum absolute atomic E-state index is 5.57. The largest absolute Gasteiger partial charge is 0.347 e. The second kappa shape index (κ2) is 4.07. The van der Waals surface area contributed by atoms with Gasteiger partial charge in [-0.25, -0.2) is 0 Å². The SMILES string of the molecule is CCn1cc(C)c2cc(CCN)ccc21. The Morgan fingerprint density at radius 2 is 2.13 bits per heavy atom. The van der Waals surface area contributed by atoms with Crippen molar-refractivity contribution >= 4 is 10.9 Å². The molecule has 0 atom stereocenters. The van der Waals surface area contributed by atoms with E-state index in [0.29, 0.717) is 0 Å². The van der Waals surface area contributed by atoms with Crippen LogP contribution < -0.4 is 5.73 Å². The third kappa shape index (κ3) is 1.77. The third-order valence-corrected chi connectivity index (χ3v) is 2.92. The molecule has 15 heavy (non-hydrogen) atoms. The highest BCUT2D eigenvalue weighted by Gasteiger charge is 2.04. The van der Waals surface area contributed by atoms with Gasteiger partial charge in [0, 0.05) is 23.6 Å². The van der Waals surface area contributed by atoms with E-state index in [1.807, 2.05) is 0 Å². The lowest BCUT2D eigenvalue weighted by Gasteiger charge is -2.02. The molecule has 0 aliphatic heterocycles. The number of nitrogens with two attached hydrogens (primary N) is 1. The van der Waals surface area contributed by atoms with Gasteiger partial charge in [-0.15, -0.1) is 0 Å². The van der Waals surface area contributed by atoms with Crippen LogP contribution in [-0.4, -0.2) is 11.1 Å². The van der Waals surface area contributed by atoms with Gasteiger partial charge in [0.25, 0.3) is 0 Å². The zero-order valence-electron chi connectivity index (χ0n) is 9.46. The van der Waals surface area contributed by atoms with Crippen molar-refractivity contribution in [2.75, 3.05) is 6.54 Å². The zero-order valence-corrected chi connectivity index (χ0v) is 9.46. The van der Waals surface area contributed by atoms with E-state index in [1.54, 1.807) is 0 Å². The van der Waals surface area contributed by atoms with Crippen LogP contribution in [0.5, 0.6) is 0 Å².